The highest BCUT2D eigenvalue weighted by molar-refractivity contribution is 5.03. The molecule has 10 heavy (non-hydrogen) atoms. The minimum atomic E-state index is -0.620. The Morgan fingerprint density at radius 2 is 2.00 bits per heavy atom. The van der Waals surface area contributed by atoms with E-state index in [9.17, 15) is 4.39 Å². The molecule has 0 aliphatic heterocycles. The summed E-state index contributed by atoms with van der Waals surface area (Å²) >= 11 is 0. The fourth-order valence-electron chi connectivity index (χ4n) is 0.556. The Hall–Kier alpha value is -1.03. The maximum Gasteiger partial charge on any atom is 0.159 e. The van der Waals surface area contributed by atoms with Crippen molar-refractivity contribution in [2.24, 2.45) is 5.73 Å². The Morgan fingerprint density at radius 3 is 2.40 bits per heavy atom. The number of hydrogen-bond acceptors (Lipinski definition) is 3. The molecule has 0 aliphatic rings. The second kappa shape index (κ2) is 3.22. The summed E-state index contributed by atoms with van der Waals surface area (Å²) in [7, 11) is 0. The lowest BCUT2D eigenvalue weighted by Crippen LogP contribution is -1.99. The minimum Gasteiger partial charge on any atom is -0.326 e. The van der Waals surface area contributed by atoms with Crippen molar-refractivity contribution in [2.45, 2.75) is 13.2 Å². The largest absolute Gasteiger partial charge is 0.326 e. The molecule has 1 heterocycles. The van der Waals surface area contributed by atoms with E-state index in [1.807, 2.05) is 0 Å². The normalized spacial score (nSPS) is 9.80. The van der Waals surface area contributed by atoms with Crippen molar-refractivity contribution in [3.8, 4) is 0 Å². The summed E-state index contributed by atoms with van der Waals surface area (Å²) < 4.78 is 11.8. The molecule has 1 rings (SSSR count). The smallest absolute Gasteiger partial charge is 0.159 e. The number of hydrogen-bond donors (Lipinski definition) is 1. The van der Waals surface area contributed by atoms with E-state index in [0.717, 1.165) is 5.56 Å². The number of halogens is 1. The highest BCUT2D eigenvalue weighted by atomic mass is 19.1. The third kappa shape index (κ3) is 1.48. The monoisotopic (exact) mass is 141 g/mol. The van der Waals surface area contributed by atoms with Gasteiger partial charge in [-0.05, 0) is 0 Å². The topological polar surface area (TPSA) is 51.8 Å². The number of nitrogens with two attached hydrogens (primary N) is 1. The Labute approximate surface area is 58.1 Å². The van der Waals surface area contributed by atoms with Crippen LogP contribution in [0.4, 0.5) is 4.39 Å². The second-order valence-corrected chi connectivity index (χ2v) is 1.85. The van der Waals surface area contributed by atoms with Gasteiger partial charge in [-0.3, -0.25) is 0 Å². The zero-order valence-electron chi connectivity index (χ0n) is 5.42. The molecule has 0 spiro atoms. The third-order valence-corrected chi connectivity index (χ3v) is 1.11. The zero-order valence-corrected chi connectivity index (χ0v) is 5.42. The summed E-state index contributed by atoms with van der Waals surface area (Å²) in [5.41, 5.74) is 6.08. The summed E-state index contributed by atoms with van der Waals surface area (Å²) in [5, 5.41) is 0. The molecule has 0 fully saturated rings. The molecule has 1 aromatic heterocycles. The van der Waals surface area contributed by atoms with E-state index < -0.39 is 6.67 Å². The van der Waals surface area contributed by atoms with E-state index in [2.05, 4.69) is 9.97 Å². The predicted molar refractivity (Wildman–Crippen MR) is 34.7 cm³/mol. The van der Waals surface area contributed by atoms with Gasteiger partial charge in [-0.1, -0.05) is 0 Å². The lowest BCUT2D eigenvalue weighted by atomic mass is 10.3. The van der Waals surface area contributed by atoms with Crippen LogP contribution in [0.25, 0.3) is 0 Å². The molecule has 2 N–H and O–H groups in total. The molecule has 0 atom stereocenters. The molecule has 0 amide bonds. The molecule has 4 heteroatoms. The fraction of sp³-hybridized carbons (Fsp3) is 0.333. The van der Waals surface area contributed by atoms with Crippen molar-refractivity contribution < 1.29 is 4.39 Å². The first-order chi connectivity index (χ1) is 4.86. The van der Waals surface area contributed by atoms with Gasteiger partial charge in [0.05, 0.1) is 0 Å². The van der Waals surface area contributed by atoms with E-state index in [0.29, 0.717) is 6.54 Å². The Kier molecular flexibility index (Phi) is 2.28. The first-order valence-corrected chi connectivity index (χ1v) is 2.92. The molecule has 0 aromatic carbocycles. The van der Waals surface area contributed by atoms with E-state index >= 15 is 0 Å². The van der Waals surface area contributed by atoms with E-state index in [1.54, 1.807) is 0 Å². The highest BCUT2D eigenvalue weighted by Crippen LogP contribution is 1.95. The SMILES string of the molecule is NCc1cnc(CF)nc1. The highest BCUT2D eigenvalue weighted by Gasteiger charge is 1.93. The molecule has 0 bridgehead atoms. The average Bonchev–Trinajstić information content (AvgIpc) is 2.05. The Morgan fingerprint density at radius 1 is 1.40 bits per heavy atom. The van der Waals surface area contributed by atoms with Crippen molar-refractivity contribution in [1.29, 1.82) is 0 Å². The molecular weight excluding hydrogens is 133 g/mol. The van der Waals surface area contributed by atoms with E-state index in [-0.39, 0.29) is 5.82 Å². The zero-order chi connectivity index (χ0) is 7.40. The summed E-state index contributed by atoms with van der Waals surface area (Å²) in [5.74, 6) is 0.206. The van der Waals surface area contributed by atoms with Gasteiger partial charge in [0.25, 0.3) is 0 Å². The van der Waals surface area contributed by atoms with E-state index in [4.69, 9.17) is 5.73 Å². The van der Waals surface area contributed by atoms with Gasteiger partial charge in [0.15, 0.2) is 5.82 Å². The molecule has 0 radical (unpaired) electrons. The van der Waals surface area contributed by atoms with Crippen molar-refractivity contribution in [2.75, 3.05) is 0 Å². The summed E-state index contributed by atoms with van der Waals surface area (Å²) in [6.07, 6.45) is 3.06. The number of rotatable bonds is 2. The molecule has 0 unspecified atom stereocenters. The van der Waals surface area contributed by atoms with Gasteiger partial charge in [0.1, 0.15) is 6.67 Å². The summed E-state index contributed by atoms with van der Waals surface area (Å²) in [6.45, 7) is -0.225. The van der Waals surface area contributed by atoms with Gasteiger partial charge in [-0.2, -0.15) is 0 Å². The predicted octanol–water partition coefficient (Wildman–Crippen LogP) is 0.405. The Bertz CT molecular complexity index is 174. The lowest BCUT2D eigenvalue weighted by molar-refractivity contribution is 0.465. The summed E-state index contributed by atoms with van der Waals surface area (Å²) in [6, 6.07) is 0. The molecule has 3 nitrogen and oxygen atoms in total. The molecule has 54 valence electrons. The van der Waals surface area contributed by atoms with Crippen LogP contribution in [-0.2, 0) is 13.2 Å². The minimum absolute atomic E-state index is 0.206. The van der Waals surface area contributed by atoms with Gasteiger partial charge >= 0.3 is 0 Å². The van der Waals surface area contributed by atoms with E-state index in [1.165, 1.54) is 12.4 Å². The van der Waals surface area contributed by atoms with Gasteiger partial charge in [0.2, 0.25) is 0 Å². The number of aromatic nitrogens is 2. The van der Waals surface area contributed by atoms with Crippen LogP contribution in [0.2, 0.25) is 0 Å². The first-order valence-electron chi connectivity index (χ1n) is 2.92. The van der Waals surface area contributed by atoms with Gasteiger partial charge < -0.3 is 5.73 Å². The molecule has 0 saturated carbocycles. The van der Waals surface area contributed by atoms with Gasteiger partial charge in [0, 0.05) is 24.5 Å². The first kappa shape index (κ1) is 7.08. The number of alkyl halides is 1. The van der Waals surface area contributed by atoms with Crippen LogP contribution in [-0.4, -0.2) is 9.97 Å². The van der Waals surface area contributed by atoms with Crippen LogP contribution in [0.1, 0.15) is 11.4 Å². The van der Waals surface area contributed by atoms with Crippen LogP contribution >= 0.6 is 0 Å². The number of nitrogens with zero attached hydrogens (tertiary/aromatic N) is 2. The molecule has 1 aromatic rings. The maximum atomic E-state index is 11.8. The van der Waals surface area contributed by atoms with Crippen LogP contribution in [0, 0.1) is 0 Å². The van der Waals surface area contributed by atoms with Crippen molar-refractivity contribution in [1.82, 2.24) is 9.97 Å². The van der Waals surface area contributed by atoms with Crippen LogP contribution in [0.5, 0.6) is 0 Å². The third-order valence-electron chi connectivity index (χ3n) is 1.11. The Balaban J connectivity index is 2.80. The summed E-state index contributed by atoms with van der Waals surface area (Å²) in [4.78, 5) is 7.40. The molecular formula is C6H8FN3. The van der Waals surface area contributed by atoms with Crippen molar-refractivity contribution >= 4 is 0 Å². The van der Waals surface area contributed by atoms with Crippen LogP contribution in [0.15, 0.2) is 12.4 Å². The standard InChI is InChI=1S/C6H8FN3/c7-1-6-9-3-5(2-8)4-10-6/h3-4H,1-2,8H2. The van der Waals surface area contributed by atoms with Gasteiger partial charge in [-0.15, -0.1) is 0 Å². The van der Waals surface area contributed by atoms with Crippen LogP contribution in [0.3, 0.4) is 0 Å². The van der Waals surface area contributed by atoms with Gasteiger partial charge in [-0.25, -0.2) is 14.4 Å². The van der Waals surface area contributed by atoms with Crippen LogP contribution < -0.4 is 5.73 Å². The fourth-order valence-corrected chi connectivity index (χ4v) is 0.556. The lowest BCUT2D eigenvalue weighted by Gasteiger charge is -1.94. The van der Waals surface area contributed by atoms with Crippen molar-refractivity contribution in [3.05, 3.63) is 23.8 Å². The maximum absolute atomic E-state index is 11.8. The molecule has 0 aliphatic carbocycles. The average molecular weight is 141 g/mol. The quantitative estimate of drug-likeness (QED) is 0.648. The second-order valence-electron chi connectivity index (χ2n) is 1.85. The van der Waals surface area contributed by atoms with Crippen molar-refractivity contribution in [3.63, 3.8) is 0 Å². The molecule has 0 saturated heterocycles.